The van der Waals surface area contributed by atoms with Crippen LogP contribution in [0.5, 0.6) is 5.75 Å². The molecule has 3 rings (SSSR count). The molecule has 0 fully saturated rings. The molecule has 3 aromatic rings. The lowest BCUT2D eigenvalue weighted by Gasteiger charge is -2.09. The minimum Gasteiger partial charge on any atom is -0.497 e. The highest BCUT2D eigenvalue weighted by molar-refractivity contribution is 6.00. The number of rotatable bonds is 6. The van der Waals surface area contributed by atoms with E-state index < -0.39 is 5.91 Å². The van der Waals surface area contributed by atoms with Gasteiger partial charge < -0.3 is 4.74 Å². The number of amides is 2. The van der Waals surface area contributed by atoms with Gasteiger partial charge in [-0.25, -0.2) is 4.68 Å². The van der Waals surface area contributed by atoms with Gasteiger partial charge >= 0.3 is 0 Å². The summed E-state index contributed by atoms with van der Waals surface area (Å²) in [4.78, 5) is 24.8. The van der Waals surface area contributed by atoms with E-state index in [4.69, 9.17) is 4.74 Å². The Labute approximate surface area is 176 Å². The van der Waals surface area contributed by atoms with E-state index in [9.17, 15) is 9.59 Å². The first-order chi connectivity index (χ1) is 14.4. The first kappa shape index (κ1) is 21.1. The van der Waals surface area contributed by atoms with Crippen LogP contribution in [0.3, 0.4) is 0 Å². The molecule has 1 aromatic heterocycles. The number of methoxy groups -OCH3 is 1. The number of nitrogens with one attached hydrogen (secondary N) is 2. The number of aryl methyl sites for hydroxylation is 1. The predicted octanol–water partition coefficient (Wildman–Crippen LogP) is 3.66. The van der Waals surface area contributed by atoms with Crippen molar-refractivity contribution in [3.63, 3.8) is 0 Å². The highest BCUT2D eigenvalue weighted by Gasteiger charge is 2.20. The highest BCUT2D eigenvalue weighted by atomic mass is 16.5. The number of nitrogens with zero attached hydrogens (tertiary/aromatic N) is 2. The van der Waals surface area contributed by atoms with E-state index >= 15 is 0 Å². The van der Waals surface area contributed by atoms with Gasteiger partial charge in [0.1, 0.15) is 11.4 Å². The molecule has 30 heavy (non-hydrogen) atoms. The fourth-order valence-electron chi connectivity index (χ4n) is 2.97. The van der Waals surface area contributed by atoms with Crippen molar-refractivity contribution >= 4 is 11.8 Å². The molecule has 0 unspecified atom stereocenters. The number of hydrogen-bond acceptors (Lipinski definition) is 4. The third-order valence-corrected chi connectivity index (χ3v) is 4.51. The Morgan fingerprint density at radius 2 is 1.83 bits per heavy atom. The summed E-state index contributed by atoms with van der Waals surface area (Å²) in [5.74, 6) is 0.169. The third kappa shape index (κ3) is 5.05. The minimum atomic E-state index is -0.441. The van der Waals surface area contributed by atoms with Crippen molar-refractivity contribution in [3.8, 4) is 22.7 Å². The van der Waals surface area contributed by atoms with E-state index in [1.165, 1.54) is 0 Å². The molecule has 1 heterocycles. The molecular formula is C23H26N4O3. The second-order valence-corrected chi connectivity index (χ2v) is 7.50. The molecule has 0 aliphatic carbocycles. The van der Waals surface area contributed by atoms with Crippen molar-refractivity contribution < 1.29 is 14.3 Å². The summed E-state index contributed by atoms with van der Waals surface area (Å²) >= 11 is 0. The van der Waals surface area contributed by atoms with Crippen molar-refractivity contribution in [1.82, 2.24) is 20.6 Å². The quantitative estimate of drug-likeness (QED) is 0.612. The average Bonchev–Trinajstić information content (AvgIpc) is 3.17. The van der Waals surface area contributed by atoms with Crippen LogP contribution in [0.4, 0.5) is 0 Å². The number of aromatic nitrogens is 2. The van der Waals surface area contributed by atoms with Gasteiger partial charge in [0.05, 0.1) is 18.4 Å². The van der Waals surface area contributed by atoms with Crippen LogP contribution in [0.25, 0.3) is 16.9 Å². The second kappa shape index (κ2) is 9.26. The summed E-state index contributed by atoms with van der Waals surface area (Å²) in [5.41, 5.74) is 8.49. The van der Waals surface area contributed by atoms with Gasteiger partial charge in [-0.2, -0.15) is 5.10 Å². The van der Waals surface area contributed by atoms with Gasteiger partial charge in [-0.3, -0.25) is 20.4 Å². The summed E-state index contributed by atoms with van der Waals surface area (Å²) in [6.45, 7) is 5.88. The van der Waals surface area contributed by atoms with Crippen LogP contribution in [0, 0.1) is 12.8 Å². The molecule has 0 saturated carbocycles. The Kier molecular flexibility index (Phi) is 6.51. The normalized spacial score (nSPS) is 10.7. The van der Waals surface area contributed by atoms with Gasteiger partial charge in [0.2, 0.25) is 5.91 Å². The Morgan fingerprint density at radius 3 is 2.50 bits per heavy atom. The standard InChI is InChI=1S/C23H26N4O3/c1-15(2)12-21(28)24-25-23(29)20-14-27(18-10-8-16(3)9-11-18)26-22(20)17-6-5-7-19(13-17)30-4/h5-11,13-15H,12H2,1-4H3,(H,24,28)(H,25,29). The first-order valence-electron chi connectivity index (χ1n) is 9.77. The molecule has 0 bridgehead atoms. The van der Waals surface area contributed by atoms with Gasteiger partial charge in [-0.15, -0.1) is 0 Å². The SMILES string of the molecule is COc1cccc(-c2nn(-c3ccc(C)cc3)cc2C(=O)NNC(=O)CC(C)C)c1. The van der Waals surface area contributed by atoms with Crippen LogP contribution in [-0.4, -0.2) is 28.7 Å². The number of carbonyl (C=O) groups excluding carboxylic acids is 2. The monoisotopic (exact) mass is 406 g/mol. The zero-order chi connectivity index (χ0) is 21.7. The number of hydrogen-bond donors (Lipinski definition) is 2. The maximum Gasteiger partial charge on any atom is 0.273 e. The van der Waals surface area contributed by atoms with E-state index in [1.807, 2.05) is 69.3 Å². The van der Waals surface area contributed by atoms with Gasteiger partial charge in [0.15, 0.2) is 0 Å². The number of ether oxygens (including phenoxy) is 1. The fraction of sp³-hybridized carbons (Fsp3) is 0.261. The number of hydrazine groups is 1. The predicted molar refractivity (Wildman–Crippen MR) is 115 cm³/mol. The lowest BCUT2D eigenvalue weighted by atomic mass is 10.1. The van der Waals surface area contributed by atoms with Gasteiger partial charge in [0, 0.05) is 18.2 Å². The van der Waals surface area contributed by atoms with Crippen molar-refractivity contribution in [2.45, 2.75) is 27.2 Å². The second-order valence-electron chi connectivity index (χ2n) is 7.50. The molecule has 7 heteroatoms. The molecule has 2 amide bonds. The van der Waals surface area contributed by atoms with E-state index in [1.54, 1.807) is 18.0 Å². The van der Waals surface area contributed by atoms with Crippen LogP contribution in [0.2, 0.25) is 0 Å². The Morgan fingerprint density at radius 1 is 1.10 bits per heavy atom. The van der Waals surface area contributed by atoms with Crippen LogP contribution >= 0.6 is 0 Å². The molecule has 0 aliphatic rings. The summed E-state index contributed by atoms with van der Waals surface area (Å²) in [7, 11) is 1.59. The Balaban J connectivity index is 1.95. The largest absolute Gasteiger partial charge is 0.497 e. The molecule has 2 N–H and O–H groups in total. The lowest BCUT2D eigenvalue weighted by molar-refractivity contribution is -0.122. The van der Waals surface area contributed by atoms with Gasteiger partial charge in [0.25, 0.3) is 5.91 Å². The van der Waals surface area contributed by atoms with E-state index in [2.05, 4.69) is 16.0 Å². The molecular weight excluding hydrogens is 380 g/mol. The average molecular weight is 406 g/mol. The molecule has 7 nitrogen and oxygen atoms in total. The summed E-state index contributed by atoms with van der Waals surface area (Å²) in [5, 5.41) is 4.64. The molecule has 0 radical (unpaired) electrons. The lowest BCUT2D eigenvalue weighted by Crippen LogP contribution is -2.42. The smallest absolute Gasteiger partial charge is 0.273 e. The van der Waals surface area contributed by atoms with Crippen molar-refractivity contribution in [3.05, 3.63) is 65.9 Å². The van der Waals surface area contributed by atoms with Crippen LogP contribution in [-0.2, 0) is 4.79 Å². The highest BCUT2D eigenvalue weighted by Crippen LogP contribution is 2.27. The summed E-state index contributed by atoms with van der Waals surface area (Å²) in [6, 6.07) is 15.2. The molecule has 0 atom stereocenters. The van der Waals surface area contributed by atoms with Gasteiger partial charge in [-0.1, -0.05) is 43.7 Å². The zero-order valence-corrected chi connectivity index (χ0v) is 17.6. The number of benzene rings is 2. The fourth-order valence-corrected chi connectivity index (χ4v) is 2.97. The topological polar surface area (TPSA) is 85.2 Å². The number of carbonyl (C=O) groups is 2. The van der Waals surface area contributed by atoms with Crippen LogP contribution in [0.15, 0.2) is 54.7 Å². The van der Waals surface area contributed by atoms with Crippen molar-refractivity contribution in [2.75, 3.05) is 7.11 Å². The van der Waals surface area contributed by atoms with E-state index in [0.29, 0.717) is 23.4 Å². The Hall–Kier alpha value is -3.61. The minimum absolute atomic E-state index is 0.193. The molecule has 0 aliphatic heterocycles. The summed E-state index contributed by atoms with van der Waals surface area (Å²) < 4.78 is 6.96. The molecule has 2 aromatic carbocycles. The third-order valence-electron chi connectivity index (χ3n) is 4.51. The molecule has 156 valence electrons. The first-order valence-corrected chi connectivity index (χ1v) is 9.77. The maximum atomic E-state index is 12.9. The maximum absolute atomic E-state index is 12.9. The Bertz CT molecular complexity index is 1040. The zero-order valence-electron chi connectivity index (χ0n) is 17.6. The van der Waals surface area contributed by atoms with E-state index in [-0.39, 0.29) is 11.8 Å². The van der Waals surface area contributed by atoms with Crippen LogP contribution in [0.1, 0.15) is 36.2 Å². The van der Waals surface area contributed by atoms with E-state index in [0.717, 1.165) is 16.8 Å². The molecule has 0 spiro atoms. The van der Waals surface area contributed by atoms with Crippen molar-refractivity contribution in [2.24, 2.45) is 5.92 Å². The summed E-state index contributed by atoms with van der Waals surface area (Å²) in [6.07, 6.45) is 1.98. The van der Waals surface area contributed by atoms with Crippen LogP contribution < -0.4 is 15.6 Å². The van der Waals surface area contributed by atoms with Crippen molar-refractivity contribution in [1.29, 1.82) is 0 Å². The van der Waals surface area contributed by atoms with Gasteiger partial charge in [-0.05, 0) is 37.1 Å². The molecule has 0 saturated heterocycles.